The van der Waals surface area contributed by atoms with Crippen LogP contribution in [-0.4, -0.2) is 78.6 Å². The van der Waals surface area contributed by atoms with Crippen LogP contribution in [0.5, 0.6) is 0 Å². The summed E-state index contributed by atoms with van der Waals surface area (Å²) in [6, 6.07) is 7.39. The molecule has 1 aromatic carbocycles. The van der Waals surface area contributed by atoms with Crippen LogP contribution >= 0.6 is 0 Å². The summed E-state index contributed by atoms with van der Waals surface area (Å²) in [5.41, 5.74) is 1.36. The van der Waals surface area contributed by atoms with Crippen molar-refractivity contribution in [1.29, 1.82) is 0 Å². The zero-order valence-corrected chi connectivity index (χ0v) is 23.3. The van der Waals surface area contributed by atoms with Crippen molar-refractivity contribution in [3.05, 3.63) is 35.4 Å². The highest BCUT2D eigenvalue weighted by molar-refractivity contribution is 6.03. The van der Waals surface area contributed by atoms with Crippen LogP contribution in [0.4, 0.5) is 4.79 Å². The number of benzene rings is 1. The number of carbonyl (C=O) groups excluding carboxylic acids is 3. The highest BCUT2D eigenvalue weighted by Crippen LogP contribution is 2.46. The average Bonchev–Trinajstić information content (AvgIpc) is 2.87. The standard InChI is InChI=1S/C28H46N4O4/c1-8-13-23(22-16-14-21(6)15-17-22)29-27(35)32-25(34)28(9-2,10-3)26(32)36-20-24(33)30(7)18-19-31(11-4)12-5/h14-17,23,26H,8-13,18-20H2,1-7H3,(H,29,35)/t23-,26?/m1/s1. The van der Waals surface area contributed by atoms with Crippen LogP contribution in [0.15, 0.2) is 24.3 Å². The first-order chi connectivity index (χ1) is 17.2. The van der Waals surface area contributed by atoms with Crippen LogP contribution in [0.25, 0.3) is 0 Å². The number of urea groups is 1. The molecule has 8 nitrogen and oxygen atoms in total. The molecule has 2 atom stereocenters. The molecule has 0 bridgehead atoms. The van der Waals surface area contributed by atoms with E-state index in [1.807, 2.05) is 45.0 Å². The molecule has 4 amide bonds. The number of ether oxygens (including phenoxy) is 1. The van der Waals surface area contributed by atoms with Crippen molar-refractivity contribution in [3.8, 4) is 0 Å². The fourth-order valence-corrected chi connectivity index (χ4v) is 4.81. The number of amides is 4. The van der Waals surface area contributed by atoms with Crippen molar-refractivity contribution in [2.24, 2.45) is 5.41 Å². The highest BCUT2D eigenvalue weighted by Gasteiger charge is 2.62. The van der Waals surface area contributed by atoms with Gasteiger partial charge in [0.1, 0.15) is 6.61 Å². The van der Waals surface area contributed by atoms with Gasteiger partial charge < -0.3 is 19.9 Å². The van der Waals surface area contributed by atoms with Gasteiger partial charge in [0.15, 0.2) is 6.23 Å². The molecule has 1 aromatic rings. The van der Waals surface area contributed by atoms with E-state index in [0.717, 1.165) is 43.6 Å². The van der Waals surface area contributed by atoms with E-state index < -0.39 is 17.7 Å². The Morgan fingerprint density at radius 1 is 1.06 bits per heavy atom. The van der Waals surface area contributed by atoms with Gasteiger partial charge in [-0.3, -0.25) is 9.59 Å². The Kier molecular flexibility index (Phi) is 11.4. The summed E-state index contributed by atoms with van der Waals surface area (Å²) < 4.78 is 6.02. The molecule has 0 aliphatic carbocycles. The Bertz CT molecular complexity index is 865. The molecule has 1 N–H and O–H groups in total. The van der Waals surface area contributed by atoms with Gasteiger partial charge in [0.2, 0.25) is 11.8 Å². The van der Waals surface area contributed by atoms with Gasteiger partial charge in [-0.25, -0.2) is 9.69 Å². The third-order valence-electron chi connectivity index (χ3n) is 7.62. The molecule has 0 radical (unpaired) electrons. The fraction of sp³-hybridized carbons (Fsp3) is 0.679. The lowest BCUT2D eigenvalue weighted by Gasteiger charge is -2.53. The number of hydrogen-bond acceptors (Lipinski definition) is 5. The van der Waals surface area contributed by atoms with Crippen LogP contribution in [0.3, 0.4) is 0 Å². The molecule has 0 aromatic heterocycles. The van der Waals surface area contributed by atoms with Gasteiger partial charge >= 0.3 is 6.03 Å². The maximum absolute atomic E-state index is 13.3. The topological polar surface area (TPSA) is 82.2 Å². The van der Waals surface area contributed by atoms with Gasteiger partial charge in [-0.1, -0.05) is 70.9 Å². The fourth-order valence-electron chi connectivity index (χ4n) is 4.81. The SMILES string of the molecule is CCC[C@@H](NC(=O)N1C(=O)C(CC)(CC)C1OCC(=O)N(C)CCN(CC)CC)c1ccc(C)cc1. The Morgan fingerprint density at radius 3 is 2.19 bits per heavy atom. The third-order valence-corrected chi connectivity index (χ3v) is 7.62. The molecule has 1 unspecified atom stereocenters. The summed E-state index contributed by atoms with van der Waals surface area (Å²) in [5, 5.41) is 3.04. The second-order valence-corrected chi connectivity index (χ2v) is 9.75. The predicted octanol–water partition coefficient (Wildman–Crippen LogP) is 4.34. The maximum atomic E-state index is 13.3. The van der Waals surface area contributed by atoms with Gasteiger partial charge in [0, 0.05) is 20.1 Å². The molecule has 8 heteroatoms. The number of rotatable bonds is 14. The Labute approximate surface area is 217 Å². The third kappa shape index (κ3) is 6.65. The van der Waals surface area contributed by atoms with Crippen LogP contribution in [0.1, 0.15) is 77.5 Å². The number of hydrogen-bond donors (Lipinski definition) is 1. The van der Waals surface area contributed by atoms with Gasteiger partial charge in [0.05, 0.1) is 11.5 Å². The van der Waals surface area contributed by atoms with Gasteiger partial charge in [-0.15, -0.1) is 0 Å². The number of likely N-dealkylation sites (N-methyl/N-ethyl adjacent to an activating group) is 2. The lowest BCUT2D eigenvalue weighted by Crippen LogP contribution is -2.72. The Hall–Kier alpha value is -2.45. The lowest BCUT2D eigenvalue weighted by atomic mass is 9.72. The number of imide groups is 1. The summed E-state index contributed by atoms with van der Waals surface area (Å²) >= 11 is 0. The van der Waals surface area contributed by atoms with Crippen LogP contribution in [0, 0.1) is 12.3 Å². The molecule has 1 aliphatic heterocycles. The molecule has 1 aliphatic rings. The number of nitrogens with one attached hydrogen (secondary N) is 1. The minimum atomic E-state index is -0.790. The van der Waals surface area contributed by atoms with E-state index in [4.69, 9.17) is 4.74 Å². The van der Waals surface area contributed by atoms with Gasteiger partial charge in [-0.2, -0.15) is 0 Å². The molecule has 1 saturated heterocycles. The maximum Gasteiger partial charge on any atom is 0.326 e. The van der Waals surface area contributed by atoms with E-state index in [0.29, 0.717) is 19.4 Å². The summed E-state index contributed by atoms with van der Waals surface area (Å²) in [7, 11) is 1.76. The van der Waals surface area contributed by atoms with E-state index >= 15 is 0 Å². The van der Waals surface area contributed by atoms with E-state index in [9.17, 15) is 14.4 Å². The summed E-state index contributed by atoms with van der Waals surface area (Å²) in [4.78, 5) is 44.4. The first-order valence-corrected chi connectivity index (χ1v) is 13.5. The van der Waals surface area contributed by atoms with Crippen LogP contribution < -0.4 is 5.32 Å². The zero-order chi connectivity index (χ0) is 26.9. The quantitative estimate of drug-likeness (QED) is 0.383. The monoisotopic (exact) mass is 502 g/mol. The minimum absolute atomic E-state index is 0.161. The van der Waals surface area contributed by atoms with E-state index in [2.05, 4.69) is 31.0 Å². The molecule has 2 rings (SSSR count). The largest absolute Gasteiger partial charge is 0.347 e. The second-order valence-electron chi connectivity index (χ2n) is 9.75. The average molecular weight is 503 g/mol. The smallest absolute Gasteiger partial charge is 0.326 e. The zero-order valence-electron chi connectivity index (χ0n) is 23.3. The second kappa shape index (κ2) is 13.7. The predicted molar refractivity (Wildman–Crippen MR) is 142 cm³/mol. The molecular formula is C28H46N4O4. The van der Waals surface area contributed by atoms with Gasteiger partial charge in [-0.05, 0) is 44.8 Å². The lowest BCUT2D eigenvalue weighted by molar-refractivity contribution is -0.211. The first-order valence-electron chi connectivity index (χ1n) is 13.5. The molecule has 1 heterocycles. The Balaban J connectivity index is 2.11. The molecule has 1 fully saturated rings. The van der Waals surface area contributed by atoms with Crippen molar-refractivity contribution in [3.63, 3.8) is 0 Å². The molecule has 0 spiro atoms. The number of β-lactam (4-membered cyclic amide) rings is 1. The van der Waals surface area contributed by atoms with Crippen molar-refractivity contribution in [1.82, 2.24) is 20.0 Å². The summed E-state index contributed by atoms with van der Waals surface area (Å²) in [6.07, 6.45) is 1.96. The summed E-state index contributed by atoms with van der Waals surface area (Å²) in [5.74, 6) is -0.400. The van der Waals surface area contributed by atoms with E-state index in [-0.39, 0.29) is 24.5 Å². The molecule has 36 heavy (non-hydrogen) atoms. The van der Waals surface area contributed by atoms with Crippen molar-refractivity contribution < 1.29 is 19.1 Å². The summed E-state index contributed by atoms with van der Waals surface area (Å²) in [6.45, 7) is 15.2. The van der Waals surface area contributed by atoms with E-state index in [1.54, 1.807) is 11.9 Å². The molecule has 0 saturated carbocycles. The number of carbonyl (C=O) groups is 3. The normalized spacial score (nSPS) is 17.6. The van der Waals surface area contributed by atoms with Gasteiger partial charge in [0.25, 0.3) is 0 Å². The van der Waals surface area contributed by atoms with Crippen LogP contribution in [-0.2, 0) is 14.3 Å². The number of likely N-dealkylation sites (tertiary alicyclic amines) is 1. The highest BCUT2D eigenvalue weighted by atomic mass is 16.5. The molecule has 202 valence electrons. The van der Waals surface area contributed by atoms with Crippen molar-refractivity contribution >= 4 is 17.8 Å². The molecular weight excluding hydrogens is 456 g/mol. The van der Waals surface area contributed by atoms with Crippen LogP contribution in [0.2, 0.25) is 0 Å². The minimum Gasteiger partial charge on any atom is -0.347 e. The van der Waals surface area contributed by atoms with Crippen molar-refractivity contribution in [2.75, 3.05) is 39.8 Å². The Morgan fingerprint density at radius 2 is 1.67 bits per heavy atom. The van der Waals surface area contributed by atoms with E-state index in [1.165, 1.54) is 4.90 Å². The van der Waals surface area contributed by atoms with Crippen molar-refractivity contribution in [2.45, 2.75) is 79.5 Å². The first kappa shape index (κ1) is 29.8. The number of aryl methyl sites for hydroxylation is 1. The number of nitrogens with zero attached hydrogens (tertiary/aromatic N) is 3.